The molecule has 0 amide bonds. The predicted molar refractivity (Wildman–Crippen MR) is 82.9 cm³/mol. The minimum atomic E-state index is -3.61. The Morgan fingerprint density at radius 2 is 1.67 bits per heavy atom. The van der Waals surface area contributed by atoms with Crippen molar-refractivity contribution in [3.8, 4) is 0 Å². The van der Waals surface area contributed by atoms with Gasteiger partial charge in [0.25, 0.3) is 0 Å². The molecule has 0 unspecified atom stereocenters. The molecule has 0 fully saturated rings. The molecule has 4 N–H and O–H groups in total. The Labute approximate surface area is 124 Å². The lowest BCUT2D eigenvalue weighted by molar-refractivity contribution is 0.259. The summed E-state index contributed by atoms with van der Waals surface area (Å²) in [5.41, 5.74) is 7.44. The molecule has 2 rings (SSSR count). The Hall–Kier alpha value is -1.89. The van der Waals surface area contributed by atoms with E-state index in [4.69, 9.17) is 5.73 Å². The molecular formula is C15H18N2O3S. The lowest BCUT2D eigenvalue weighted by Crippen LogP contribution is -2.32. The van der Waals surface area contributed by atoms with Crippen LogP contribution < -0.4 is 10.5 Å². The van der Waals surface area contributed by atoms with Crippen molar-refractivity contribution < 1.29 is 13.5 Å². The fourth-order valence-corrected chi connectivity index (χ4v) is 3.42. The Morgan fingerprint density at radius 3 is 2.29 bits per heavy atom. The van der Waals surface area contributed by atoms with Gasteiger partial charge in [0.05, 0.1) is 18.4 Å². The van der Waals surface area contributed by atoms with E-state index in [0.717, 1.165) is 0 Å². The van der Waals surface area contributed by atoms with Crippen LogP contribution in [0.15, 0.2) is 54.6 Å². The maximum Gasteiger partial charge on any atom is 0.216 e. The molecule has 0 heterocycles. The molecule has 2 aromatic rings. The number of nitrogens with one attached hydrogen (secondary N) is 1. The smallest absolute Gasteiger partial charge is 0.216 e. The van der Waals surface area contributed by atoms with Gasteiger partial charge in [0.2, 0.25) is 10.0 Å². The van der Waals surface area contributed by atoms with Gasteiger partial charge >= 0.3 is 0 Å². The van der Waals surface area contributed by atoms with Gasteiger partial charge in [0, 0.05) is 5.69 Å². The van der Waals surface area contributed by atoms with Gasteiger partial charge in [-0.15, -0.1) is 0 Å². The van der Waals surface area contributed by atoms with Crippen molar-refractivity contribution in [3.05, 3.63) is 65.7 Å². The van der Waals surface area contributed by atoms with E-state index in [0.29, 0.717) is 16.8 Å². The summed E-state index contributed by atoms with van der Waals surface area (Å²) in [4.78, 5) is 0. The van der Waals surface area contributed by atoms with E-state index in [-0.39, 0.29) is 12.4 Å². The minimum absolute atomic E-state index is 0.219. The van der Waals surface area contributed by atoms with Crippen LogP contribution in [0.3, 0.4) is 0 Å². The summed E-state index contributed by atoms with van der Waals surface area (Å²) >= 11 is 0. The monoisotopic (exact) mass is 306 g/mol. The van der Waals surface area contributed by atoms with Crippen LogP contribution in [0.4, 0.5) is 5.69 Å². The van der Waals surface area contributed by atoms with Gasteiger partial charge in [-0.05, 0) is 17.2 Å². The zero-order valence-electron chi connectivity index (χ0n) is 11.4. The van der Waals surface area contributed by atoms with Gasteiger partial charge in [-0.2, -0.15) is 0 Å². The number of aliphatic hydroxyl groups is 1. The molecule has 0 aliphatic heterocycles. The molecule has 0 aliphatic carbocycles. The molecule has 6 heteroatoms. The number of rotatable bonds is 6. The average molecular weight is 306 g/mol. The lowest BCUT2D eigenvalue weighted by Gasteiger charge is -2.17. The molecule has 5 nitrogen and oxygen atoms in total. The lowest BCUT2D eigenvalue weighted by atomic mass is 10.1. The van der Waals surface area contributed by atoms with Gasteiger partial charge in [0.15, 0.2) is 0 Å². The Balaban J connectivity index is 2.15. The van der Waals surface area contributed by atoms with Crippen molar-refractivity contribution in [3.63, 3.8) is 0 Å². The molecule has 0 aromatic heterocycles. The van der Waals surface area contributed by atoms with E-state index in [2.05, 4.69) is 4.72 Å². The molecule has 0 spiro atoms. The summed E-state index contributed by atoms with van der Waals surface area (Å²) in [6.07, 6.45) is 0. The number of hydrogen-bond acceptors (Lipinski definition) is 4. The van der Waals surface area contributed by atoms with Gasteiger partial charge in [-0.3, -0.25) is 0 Å². The molecule has 112 valence electrons. The Bertz CT molecular complexity index is 687. The first-order valence-electron chi connectivity index (χ1n) is 6.51. The third-order valence-corrected chi connectivity index (χ3v) is 4.44. The molecule has 0 saturated heterocycles. The molecule has 2 aromatic carbocycles. The minimum Gasteiger partial charge on any atom is -0.398 e. The molecule has 0 saturated carbocycles. The van der Waals surface area contributed by atoms with Crippen LogP contribution in [-0.2, 0) is 15.8 Å². The normalized spacial score (nSPS) is 13.0. The van der Waals surface area contributed by atoms with Crippen LogP contribution in [0.25, 0.3) is 0 Å². The average Bonchev–Trinajstić information content (AvgIpc) is 2.48. The van der Waals surface area contributed by atoms with E-state index in [1.807, 2.05) is 6.07 Å². The van der Waals surface area contributed by atoms with Crippen LogP contribution in [0, 0.1) is 0 Å². The maximum absolute atomic E-state index is 12.2. The summed E-state index contributed by atoms with van der Waals surface area (Å²) in [6.45, 7) is -0.312. The summed E-state index contributed by atoms with van der Waals surface area (Å²) in [7, 11) is -3.61. The van der Waals surface area contributed by atoms with Crippen molar-refractivity contribution in [1.29, 1.82) is 0 Å². The van der Waals surface area contributed by atoms with E-state index in [1.165, 1.54) is 0 Å². The number of sulfonamides is 1. The van der Waals surface area contributed by atoms with Crippen LogP contribution in [0.2, 0.25) is 0 Å². The quantitative estimate of drug-likeness (QED) is 0.704. The first-order chi connectivity index (χ1) is 10.0. The molecule has 1 atom stereocenters. The van der Waals surface area contributed by atoms with Crippen molar-refractivity contribution >= 4 is 15.7 Å². The second kappa shape index (κ2) is 6.71. The number of benzene rings is 2. The topological polar surface area (TPSA) is 92.4 Å². The van der Waals surface area contributed by atoms with Crippen LogP contribution >= 0.6 is 0 Å². The SMILES string of the molecule is Nc1ccccc1CS(=O)(=O)N[C@H](CO)c1ccccc1. The molecule has 0 radical (unpaired) electrons. The number of para-hydroxylation sites is 1. The number of hydrogen-bond donors (Lipinski definition) is 3. The number of aliphatic hydroxyl groups excluding tert-OH is 1. The fraction of sp³-hybridized carbons (Fsp3) is 0.200. The highest BCUT2D eigenvalue weighted by atomic mass is 32.2. The maximum atomic E-state index is 12.2. The van der Waals surface area contributed by atoms with Gasteiger partial charge in [-0.1, -0.05) is 48.5 Å². The highest BCUT2D eigenvalue weighted by Crippen LogP contribution is 2.17. The second-order valence-electron chi connectivity index (χ2n) is 4.72. The highest BCUT2D eigenvalue weighted by Gasteiger charge is 2.20. The predicted octanol–water partition coefficient (Wildman–Crippen LogP) is 1.42. The van der Waals surface area contributed by atoms with Gasteiger partial charge < -0.3 is 10.8 Å². The molecule has 0 bridgehead atoms. The van der Waals surface area contributed by atoms with E-state index >= 15 is 0 Å². The van der Waals surface area contributed by atoms with Crippen LogP contribution in [0.1, 0.15) is 17.2 Å². The number of anilines is 1. The first-order valence-corrected chi connectivity index (χ1v) is 8.16. The molecular weight excluding hydrogens is 288 g/mol. The van der Waals surface area contributed by atoms with E-state index in [1.54, 1.807) is 48.5 Å². The number of nitrogens with two attached hydrogens (primary N) is 1. The first kappa shape index (κ1) is 15.5. The van der Waals surface area contributed by atoms with Crippen LogP contribution in [0.5, 0.6) is 0 Å². The summed E-state index contributed by atoms with van der Waals surface area (Å²) in [5.74, 6) is -0.219. The standard InChI is InChI=1S/C15H18N2O3S/c16-14-9-5-4-8-13(14)11-21(19,20)17-15(10-18)12-6-2-1-3-7-12/h1-9,15,17-18H,10-11,16H2/t15-/m1/s1. The summed E-state index contributed by atoms with van der Waals surface area (Å²) < 4.78 is 26.9. The Kier molecular flexibility index (Phi) is 4.95. The van der Waals surface area contributed by atoms with E-state index < -0.39 is 16.1 Å². The van der Waals surface area contributed by atoms with Crippen molar-refractivity contribution in [2.75, 3.05) is 12.3 Å². The zero-order chi connectivity index (χ0) is 15.3. The molecule has 0 aliphatic rings. The van der Waals surface area contributed by atoms with Gasteiger partial charge in [0.1, 0.15) is 0 Å². The summed E-state index contributed by atoms with van der Waals surface area (Å²) in [6, 6.07) is 15.1. The van der Waals surface area contributed by atoms with E-state index in [9.17, 15) is 13.5 Å². The highest BCUT2D eigenvalue weighted by molar-refractivity contribution is 7.88. The van der Waals surface area contributed by atoms with Crippen molar-refractivity contribution in [2.45, 2.75) is 11.8 Å². The zero-order valence-corrected chi connectivity index (χ0v) is 12.3. The van der Waals surface area contributed by atoms with Crippen LogP contribution in [-0.4, -0.2) is 20.1 Å². The third-order valence-electron chi connectivity index (χ3n) is 3.11. The fourth-order valence-electron chi connectivity index (χ4n) is 2.02. The Morgan fingerprint density at radius 1 is 1.05 bits per heavy atom. The van der Waals surface area contributed by atoms with Gasteiger partial charge in [-0.25, -0.2) is 13.1 Å². The number of nitrogen functional groups attached to an aromatic ring is 1. The molecule has 21 heavy (non-hydrogen) atoms. The van der Waals surface area contributed by atoms with Crippen molar-refractivity contribution in [1.82, 2.24) is 4.72 Å². The third kappa shape index (κ3) is 4.29. The summed E-state index contributed by atoms with van der Waals surface area (Å²) in [5, 5.41) is 9.41. The second-order valence-corrected chi connectivity index (χ2v) is 6.48. The van der Waals surface area contributed by atoms with Crippen molar-refractivity contribution in [2.24, 2.45) is 0 Å². The largest absolute Gasteiger partial charge is 0.398 e.